The van der Waals surface area contributed by atoms with E-state index in [0.717, 1.165) is 0 Å². The average Bonchev–Trinajstić information content (AvgIpc) is 2.43. The zero-order valence-corrected chi connectivity index (χ0v) is 10.5. The molecule has 1 heterocycles. The highest BCUT2D eigenvalue weighted by Gasteiger charge is 2.30. The molecule has 2 rings (SSSR count). The molecule has 2 amide bonds. The molecular formula is C13H16N2O3. The summed E-state index contributed by atoms with van der Waals surface area (Å²) in [7, 11) is 0. The van der Waals surface area contributed by atoms with Crippen molar-refractivity contribution in [3.05, 3.63) is 24.3 Å². The van der Waals surface area contributed by atoms with E-state index >= 15 is 0 Å². The van der Waals surface area contributed by atoms with Crippen molar-refractivity contribution < 1.29 is 14.3 Å². The van der Waals surface area contributed by atoms with Crippen LogP contribution < -0.4 is 10.2 Å². The number of benzene rings is 1. The van der Waals surface area contributed by atoms with Gasteiger partial charge in [-0.3, -0.25) is 9.69 Å². The maximum atomic E-state index is 12.0. The number of hydrogen-bond donors (Lipinski definition) is 1. The molecule has 1 N–H and O–H groups in total. The summed E-state index contributed by atoms with van der Waals surface area (Å²) in [5.74, 6) is -0.0956. The summed E-state index contributed by atoms with van der Waals surface area (Å²) >= 11 is 0. The lowest BCUT2D eigenvalue weighted by atomic mass is 10.2. The third-order valence-corrected chi connectivity index (χ3v) is 2.82. The van der Waals surface area contributed by atoms with Crippen molar-refractivity contribution in [1.29, 1.82) is 0 Å². The number of para-hydroxylation sites is 2. The summed E-state index contributed by atoms with van der Waals surface area (Å²) in [6.45, 7) is 3.90. The quantitative estimate of drug-likeness (QED) is 0.830. The van der Waals surface area contributed by atoms with Crippen molar-refractivity contribution in [2.24, 2.45) is 0 Å². The fraction of sp³-hybridized carbons (Fsp3) is 0.385. The van der Waals surface area contributed by atoms with E-state index in [1.165, 1.54) is 4.90 Å². The highest BCUT2D eigenvalue weighted by molar-refractivity contribution is 6.02. The molecule has 1 aliphatic rings. The van der Waals surface area contributed by atoms with E-state index in [2.05, 4.69) is 5.32 Å². The number of amides is 2. The summed E-state index contributed by atoms with van der Waals surface area (Å²) in [6.07, 6.45) is -0.165. The molecule has 0 spiro atoms. The summed E-state index contributed by atoms with van der Waals surface area (Å²) in [6, 6.07) is 6.99. The van der Waals surface area contributed by atoms with E-state index < -0.39 is 6.09 Å². The SMILES string of the molecule is CCOC(=O)N1c2ccccc2NC(=O)CC1C. The number of carbonyl (C=O) groups is 2. The molecule has 1 aromatic rings. The molecule has 18 heavy (non-hydrogen) atoms. The van der Waals surface area contributed by atoms with Crippen LogP contribution in [0.4, 0.5) is 16.2 Å². The van der Waals surface area contributed by atoms with E-state index in [1.807, 2.05) is 19.1 Å². The van der Waals surface area contributed by atoms with Gasteiger partial charge in [-0.05, 0) is 26.0 Å². The van der Waals surface area contributed by atoms with E-state index in [1.54, 1.807) is 19.1 Å². The molecule has 96 valence electrons. The third-order valence-electron chi connectivity index (χ3n) is 2.82. The number of ether oxygens (including phenoxy) is 1. The molecule has 1 atom stereocenters. The number of fused-ring (bicyclic) bond motifs is 1. The van der Waals surface area contributed by atoms with Gasteiger partial charge < -0.3 is 10.1 Å². The number of rotatable bonds is 1. The van der Waals surface area contributed by atoms with Gasteiger partial charge in [-0.15, -0.1) is 0 Å². The van der Waals surface area contributed by atoms with Gasteiger partial charge in [-0.2, -0.15) is 0 Å². The second kappa shape index (κ2) is 5.08. The molecule has 0 aromatic heterocycles. The molecule has 0 fully saturated rings. The predicted octanol–water partition coefficient (Wildman–Crippen LogP) is 2.38. The van der Waals surface area contributed by atoms with Crippen LogP contribution in [0.3, 0.4) is 0 Å². The summed E-state index contributed by atoms with van der Waals surface area (Å²) in [5.41, 5.74) is 1.31. The first-order valence-electron chi connectivity index (χ1n) is 5.98. The smallest absolute Gasteiger partial charge is 0.414 e. The van der Waals surface area contributed by atoms with Crippen molar-refractivity contribution in [3.8, 4) is 0 Å². The van der Waals surface area contributed by atoms with Gasteiger partial charge in [0.1, 0.15) is 0 Å². The first-order chi connectivity index (χ1) is 8.63. The highest BCUT2D eigenvalue weighted by atomic mass is 16.6. The molecule has 1 aliphatic heterocycles. The Morgan fingerprint density at radius 1 is 1.50 bits per heavy atom. The second-order valence-electron chi connectivity index (χ2n) is 4.19. The molecule has 0 bridgehead atoms. The van der Waals surface area contributed by atoms with Crippen LogP contribution >= 0.6 is 0 Å². The van der Waals surface area contributed by atoms with Crippen molar-refractivity contribution in [3.63, 3.8) is 0 Å². The summed E-state index contributed by atoms with van der Waals surface area (Å²) in [5, 5.41) is 2.79. The largest absolute Gasteiger partial charge is 0.449 e. The molecule has 0 saturated heterocycles. The fourth-order valence-electron chi connectivity index (χ4n) is 2.06. The Morgan fingerprint density at radius 3 is 2.94 bits per heavy atom. The molecule has 0 radical (unpaired) electrons. The molecular weight excluding hydrogens is 232 g/mol. The zero-order valence-electron chi connectivity index (χ0n) is 10.5. The Labute approximate surface area is 106 Å². The van der Waals surface area contributed by atoms with E-state index in [9.17, 15) is 9.59 Å². The van der Waals surface area contributed by atoms with Crippen molar-refractivity contribution in [2.75, 3.05) is 16.8 Å². The Morgan fingerprint density at radius 2 is 2.22 bits per heavy atom. The molecule has 5 nitrogen and oxygen atoms in total. The predicted molar refractivity (Wildman–Crippen MR) is 68.7 cm³/mol. The lowest BCUT2D eigenvalue weighted by molar-refractivity contribution is -0.116. The lowest BCUT2D eigenvalue weighted by Gasteiger charge is -2.26. The van der Waals surface area contributed by atoms with Gasteiger partial charge in [-0.1, -0.05) is 12.1 Å². The third kappa shape index (κ3) is 2.30. The Kier molecular flexibility index (Phi) is 3.50. The minimum Gasteiger partial charge on any atom is -0.449 e. The van der Waals surface area contributed by atoms with Crippen molar-refractivity contribution >= 4 is 23.4 Å². The normalized spacial score (nSPS) is 18.7. The van der Waals surface area contributed by atoms with Crippen LogP contribution in [-0.2, 0) is 9.53 Å². The van der Waals surface area contributed by atoms with Gasteiger partial charge in [-0.25, -0.2) is 4.79 Å². The number of nitrogens with one attached hydrogen (secondary N) is 1. The number of carbonyl (C=O) groups excluding carboxylic acids is 2. The van der Waals surface area contributed by atoms with Gasteiger partial charge in [0.2, 0.25) is 5.91 Å². The van der Waals surface area contributed by atoms with E-state index in [0.29, 0.717) is 18.0 Å². The molecule has 0 aliphatic carbocycles. The van der Waals surface area contributed by atoms with Crippen molar-refractivity contribution in [2.45, 2.75) is 26.3 Å². The minimum atomic E-state index is -0.422. The number of anilines is 2. The first kappa shape index (κ1) is 12.4. The Bertz CT molecular complexity index is 473. The minimum absolute atomic E-state index is 0.0956. The van der Waals surface area contributed by atoms with Gasteiger partial charge >= 0.3 is 6.09 Å². The molecule has 1 aromatic carbocycles. The van der Waals surface area contributed by atoms with Gasteiger partial charge in [0.05, 0.1) is 18.0 Å². The first-order valence-corrected chi connectivity index (χ1v) is 5.98. The lowest BCUT2D eigenvalue weighted by Crippen LogP contribution is -2.39. The van der Waals surface area contributed by atoms with Crippen LogP contribution in [0.25, 0.3) is 0 Å². The van der Waals surface area contributed by atoms with E-state index in [4.69, 9.17) is 4.74 Å². The Balaban J connectivity index is 2.43. The standard InChI is InChI=1S/C13H16N2O3/c1-3-18-13(17)15-9(2)8-12(16)14-10-6-4-5-7-11(10)15/h4-7,9H,3,8H2,1-2H3,(H,14,16). The van der Waals surface area contributed by atoms with Crippen LogP contribution in [0.2, 0.25) is 0 Å². The van der Waals surface area contributed by atoms with Gasteiger partial charge in [0.25, 0.3) is 0 Å². The zero-order chi connectivity index (χ0) is 13.1. The van der Waals surface area contributed by atoms with Crippen LogP contribution in [0.1, 0.15) is 20.3 Å². The second-order valence-corrected chi connectivity index (χ2v) is 4.19. The Hall–Kier alpha value is -2.04. The summed E-state index contributed by atoms with van der Waals surface area (Å²) < 4.78 is 5.05. The van der Waals surface area contributed by atoms with Gasteiger partial charge in [0, 0.05) is 12.5 Å². The van der Waals surface area contributed by atoms with Crippen LogP contribution in [0.15, 0.2) is 24.3 Å². The van der Waals surface area contributed by atoms with E-state index in [-0.39, 0.29) is 18.4 Å². The maximum Gasteiger partial charge on any atom is 0.414 e. The molecule has 1 unspecified atom stereocenters. The average molecular weight is 248 g/mol. The van der Waals surface area contributed by atoms with Gasteiger partial charge in [0.15, 0.2) is 0 Å². The molecule has 5 heteroatoms. The number of hydrogen-bond acceptors (Lipinski definition) is 3. The fourth-order valence-corrected chi connectivity index (χ4v) is 2.06. The maximum absolute atomic E-state index is 12.0. The molecule has 0 saturated carbocycles. The highest BCUT2D eigenvalue weighted by Crippen LogP contribution is 2.31. The topological polar surface area (TPSA) is 58.6 Å². The number of nitrogens with zero attached hydrogens (tertiary/aromatic N) is 1. The van der Waals surface area contributed by atoms with Crippen LogP contribution in [0.5, 0.6) is 0 Å². The summed E-state index contributed by atoms with van der Waals surface area (Å²) in [4.78, 5) is 25.2. The van der Waals surface area contributed by atoms with Crippen LogP contribution in [-0.4, -0.2) is 24.6 Å². The van der Waals surface area contributed by atoms with Crippen molar-refractivity contribution in [1.82, 2.24) is 0 Å². The monoisotopic (exact) mass is 248 g/mol. The van der Waals surface area contributed by atoms with Crippen LogP contribution in [0, 0.1) is 0 Å².